The van der Waals surface area contributed by atoms with E-state index in [9.17, 15) is 9.90 Å². The van der Waals surface area contributed by atoms with Gasteiger partial charge in [0.2, 0.25) is 5.91 Å². The van der Waals surface area contributed by atoms with E-state index in [1.165, 1.54) is 0 Å². The van der Waals surface area contributed by atoms with E-state index >= 15 is 0 Å². The van der Waals surface area contributed by atoms with Gasteiger partial charge in [-0.3, -0.25) is 9.69 Å². The monoisotopic (exact) mass is 264 g/mol. The smallest absolute Gasteiger partial charge is 0.234 e. The van der Waals surface area contributed by atoms with E-state index < -0.39 is 0 Å². The molecule has 2 N–H and O–H groups in total. The zero-order valence-corrected chi connectivity index (χ0v) is 12.2. The Labute approximate surface area is 115 Å². The molecule has 1 aromatic carbocycles. The van der Waals surface area contributed by atoms with Gasteiger partial charge in [-0.15, -0.1) is 0 Å². The Bertz CT molecular complexity index is 432. The van der Waals surface area contributed by atoms with Gasteiger partial charge in [-0.2, -0.15) is 0 Å². The first kappa shape index (κ1) is 15.5. The third-order valence-electron chi connectivity index (χ3n) is 3.26. The third-order valence-corrected chi connectivity index (χ3v) is 3.26. The van der Waals surface area contributed by atoms with Gasteiger partial charge < -0.3 is 10.4 Å². The van der Waals surface area contributed by atoms with Crippen LogP contribution < -0.4 is 5.32 Å². The highest BCUT2D eigenvalue weighted by Gasteiger charge is 2.17. The molecule has 19 heavy (non-hydrogen) atoms. The Morgan fingerprint density at radius 2 is 2.16 bits per heavy atom. The molecule has 1 rings (SSSR count). The van der Waals surface area contributed by atoms with Gasteiger partial charge in [0.1, 0.15) is 5.75 Å². The number of carbonyl (C=O) groups is 1. The fraction of sp³-hybridized carbons (Fsp3) is 0.533. The van der Waals surface area contributed by atoms with Crippen molar-refractivity contribution in [1.29, 1.82) is 0 Å². The number of hydrogen-bond acceptors (Lipinski definition) is 3. The lowest BCUT2D eigenvalue weighted by Gasteiger charge is -2.25. The maximum Gasteiger partial charge on any atom is 0.234 e. The number of aryl methyl sites for hydroxylation is 1. The van der Waals surface area contributed by atoms with Crippen molar-refractivity contribution < 1.29 is 9.90 Å². The van der Waals surface area contributed by atoms with Gasteiger partial charge in [-0.05, 0) is 38.9 Å². The molecule has 0 aliphatic carbocycles. The molecular formula is C15H24N2O2. The second-order valence-electron chi connectivity index (χ2n) is 5.00. The largest absolute Gasteiger partial charge is 0.508 e. The summed E-state index contributed by atoms with van der Waals surface area (Å²) in [5, 5.41) is 12.8. The number of nitrogens with zero attached hydrogens (tertiary/aromatic N) is 1. The predicted octanol–water partition coefficient (Wildman–Crippen LogP) is 2.22. The number of rotatable bonds is 6. The van der Waals surface area contributed by atoms with Crippen LogP contribution in [0.15, 0.2) is 18.2 Å². The summed E-state index contributed by atoms with van der Waals surface area (Å²) in [6.45, 7) is 6.98. The molecule has 0 saturated carbocycles. The zero-order valence-electron chi connectivity index (χ0n) is 12.2. The topological polar surface area (TPSA) is 52.6 Å². The van der Waals surface area contributed by atoms with Crippen LogP contribution in [0, 0.1) is 6.92 Å². The van der Waals surface area contributed by atoms with E-state index in [4.69, 9.17) is 0 Å². The molecule has 1 atom stereocenters. The van der Waals surface area contributed by atoms with Crippen LogP contribution in [0.4, 0.5) is 0 Å². The van der Waals surface area contributed by atoms with E-state index in [2.05, 4.69) is 5.32 Å². The quantitative estimate of drug-likeness (QED) is 0.828. The number of hydrogen-bond donors (Lipinski definition) is 2. The molecule has 0 fully saturated rings. The van der Waals surface area contributed by atoms with Crippen molar-refractivity contribution in [2.45, 2.75) is 33.2 Å². The minimum atomic E-state index is -0.00650. The van der Waals surface area contributed by atoms with Gasteiger partial charge >= 0.3 is 0 Å². The third kappa shape index (κ3) is 4.56. The average Bonchev–Trinajstić information content (AvgIpc) is 2.35. The molecular weight excluding hydrogens is 240 g/mol. The predicted molar refractivity (Wildman–Crippen MR) is 77.2 cm³/mol. The maximum absolute atomic E-state index is 11.7. The number of likely N-dealkylation sites (N-methyl/N-ethyl adjacent to an activating group) is 1. The average molecular weight is 264 g/mol. The molecule has 0 saturated heterocycles. The Balaban J connectivity index is 2.65. The van der Waals surface area contributed by atoms with Crippen LogP contribution in [0.1, 0.15) is 37.4 Å². The fourth-order valence-corrected chi connectivity index (χ4v) is 1.93. The lowest BCUT2D eigenvalue weighted by molar-refractivity contribution is -0.122. The number of aromatic hydroxyl groups is 1. The second kappa shape index (κ2) is 7.14. The first-order valence-corrected chi connectivity index (χ1v) is 6.72. The standard InChI is InChI=1S/C15H24N2O2/c1-5-8-16-15(19)10-17(4)12(3)13-7-6-11(2)9-14(13)18/h6-7,9,12,18H,5,8,10H2,1-4H3,(H,16,19). The summed E-state index contributed by atoms with van der Waals surface area (Å²) in [6, 6.07) is 5.62. The summed E-state index contributed by atoms with van der Waals surface area (Å²) in [6.07, 6.45) is 0.934. The molecule has 106 valence electrons. The van der Waals surface area contributed by atoms with Crippen molar-refractivity contribution >= 4 is 5.91 Å². The number of phenols is 1. The number of carbonyl (C=O) groups excluding carboxylic acids is 1. The summed E-state index contributed by atoms with van der Waals surface area (Å²) >= 11 is 0. The highest BCUT2D eigenvalue weighted by molar-refractivity contribution is 5.78. The maximum atomic E-state index is 11.7. The SMILES string of the molecule is CCCNC(=O)CN(C)C(C)c1ccc(C)cc1O. The molecule has 0 aromatic heterocycles. The van der Waals surface area contributed by atoms with Crippen molar-refractivity contribution in [2.75, 3.05) is 20.1 Å². The Morgan fingerprint density at radius 3 is 2.74 bits per heavy atom. The van der Waals surface area contributed by atoms with Crippen LogP contribution in [-0.4, -0.2) is 36.1 Å². The van der Waals surface area contributed by atoms with Gasteiger partial charge in [-0.25, -0.2) is 0 Å². The number of nitrogens with one attached hydrogen (secondary N) is 1. The molecule has 0 radical (unpaired) electrons. The normalized spacial score (nSPS) is 12.5. The fourth-order valence-electron chi connectivity index (χ4n) is 1.93. The lowest BCUT2D eigenvalue weighted by atomic mass is 10.0. The summed E-state index contributed by atoms with van der Waals surface area (Å²) in [5.41, 5.74) is 1.87. The van der Waals surface area contributed by atoms with Crippen molar-refractivity contribution in [1.82, 2.24) is 10.2 Å². The summed E-state index contributed by atoms with van der Waals surface area (Å²) in [5.74, 6) is 0.302. The Morgan fingerprint density at radius 1 is 1.47 bits per heavy atom. The van der Waals surface area contributed by atoms with Crippen LogP contribution in [0.3, 0.4) is 0 Å². The molecule has 0 aliphatic heterocycles. The van der Waals surface area contributed by atoms with Crippen molar-refractivity contribution in [3.63, 3.8) is 0 Å². The van der Waals surface area contributed by atoms with E-state index in [0.717, 1.165) is 17.5 Å². The van der Waals surface area contributed by atoms with Gasteiger partial charge in [0.05, 0.1) is 6.54 Å². The molecule has 0 heterocycles. The van der Waals surface area contributed by atoms with Crippen LogP contribution in [0.5, 0.6) is 5.75 Å². The zero-order chi connectivity index (χ0) is 14.4. The van der Waals surface area contributed by atoms with Gasteiger partial charge in [-0.1, -0.05) is 19.1 Å². The minimum Gasteiger partial charge on any atom is -0.508 e. The van der Waals surface area contributed by atoms with E-state index in [-0.39, 0.29) is 17.7 Å². The summed E-state index contributed by atoms with van der Waals surface area (Å²) in [4.78, 5) is 13.6. The molecule has 0 aliphatic rings. The van der Waals surface area contributed by atoms with Crippen LogP contribution >= 0.6 is 0 Å². The number of phenolic OH excluding ortho intramolecular Hbond substituents is 1. The Hall–Kier alpha value is -1.55. The first-order chi connectivity index (χ1) is 8.95. The van der Waals surface area contributed by atoms with Crippen molar-refractivity contribution in [3.8, 4) is 5.75 Å². The molecule has 1 amide bonds. The van der Waals surface area contributed by atoms with Crippen LogP contribution in [-0.2, 0) is 4.79 Å². The van der Waals surface area contributed by atoms with E-state index in [0.29, 0.717) is 13.1 Å². The van der Waals surface area contributed by atoms with Crippen LogP contribution in [0.25, 0.3) is 0 Å². The van der Waals surface area contributed by atoms with E-state index in [1.807, 2.05) is 44.9 Å². The highest BCUT2D eigenvalue weighted by Crippen LogP contribution is 2.28. The molecule has 1 unspecified atom stereocenters. The Kier molecular flexibility index (Phi) is 5.83. The van der Waals surface area contributed by atoms with Crippen molar-refractivity contribution in [2.24, 2.45) is 0 Å². The highest BCUT2D eigenvalue weighted by atomic mass is 16.3. The lowest BCUT2D eigenvalue weighted by Crippen LogP contribution is -2.36. The molecule has 4 heteroatoms. The van der Waals surface area contributed by atoms with Gasteiger partial charge in [0.15, 0.2) is 0 Å². The number of amides is 1. The molecule has 1 aromatic rings. The summed E-state index contributed by atoms with van der Waals surface area (Å²) in [7, 11) is 1.88. The van der Waals surface area contributed by atoms with Gasteiger partial charge in [0.25, 0.3) is 0 Å². The van der Waals surface area contributed by atoms with Gasteiger partial charge in [0, 0.05) is 18.2 Å². The minimum absolute atomic E-state index is 0.00650. The van der Waals surface area contributed by atoms with Crippen molar-refractivity contribution in [3.05, 3.63) is 29.3 Å². The molecule has 0 bridgehead atoms. The number of benzene rings is 1. The van der Waals surface area contributed by atoms with E-state index in [1.54, 1.807) is 6.07 Å². The summed E-state index contributed by atoms with van der Waals surface area (Å²) < 4.78 is 0. The first-order valence-electron chi connectivity index (χ1n) is 6.72. The molecule has 0 spiro atoms. The van der Waals surface area contributed by atoms with Crippen LogP contribution in [0.2, 0.25) is 0 Å². The second-order valence-corrected chi connectivity index (χ2v) is 5.00. The molecule has 4 nitrogen and oxygen atoms in total.